The number of amides is 1. The number of benzene rings is 1. The molecular formula is C18H22BrN3O2. The number of ether oxygens (including phenoxy) is 1. The fraction of sp³-hybridized carbons (Fsp3) is 0.444. The van der Waals surface area contributed by atoms with Crippen LogP contribution in [-0.2, 0) is 11.3 Å². The zero-order valence-corrected chi connectivity index (χ0v) is 15.6. The van der Waals surface area contributed by atoms with Crippen LogP contribution < -0.4 is 5.32 Å². The number of aryl methyl sites for hydroxylation is 1. The molecule has 2 heterocycles. The highest BCUT2D eigenvalue weighted by atomic mass is 79.9. The van der Waals surface area contributed by atoms with Crippen molar-refractivity contribution >= 4 is 21.8 Å². The molecule has 1 aromatic heterocycles. The summed E-state index contributed by atoms with van der Waals surface area (Å²) in [5.41, 5.74) is 3.87. The van der Waals surface area contributed by atoms with Crippen molar-refractivity contribution in [2.75, 3.05) is 13.2 Å². The lowest BCUT2D eigenvalue weighted by molar-refractivity contribution is 0.0858. The van der Waals surface area contributed by atoms with Gasteiger partial charge in [0.05, 0.1) is 28.5 Å². The number of nitrogens with zero attached hydrogens (tertiary/aromatic N) is 2. The van der Waals surface area contributed by atoms with E-state index in [1.807, 2.05) is 42.8 Å². The van der Waals surface area contributed by atoms with Crippen molar-refractivity contribution < 1.29 is 9.53 Å². The van der Waals surface area contributed by atoms with Gasteiger partial charge in [-0.25, -0.2) is 0 Å². The van der Waals surface area contributed by atoms with E-state index in [1.54, 1.807) is 0 Å². The van der Waals surface area contributed by atoms with Gasteiger partial charge in [-0.3, -0.25) is 9.48 Å². The average molecular weight is 392 g/mol. The molecule has 2 aromatic rings. The minimum atomic E-state index is -0.0501. The summed E-state index contributed by atoms with van der Waals surface area (Å²) in [6.45, 7) is 6.10. The van der Waals surface area contributed by atoms with Gasteiger partial charge >= 0.3 is 0 Å². The molecular weight excluding hydrogens is 370 g/mol. The third-order valence-corrected chi connectivity index (χ3v) is 5.50. The third kappa shape index (κ3) is 3.87. The first-order chi connectivity index (χ1) is 11.5. The first-order valence-corrected chi connectivity index (χ1v) is 9.02. The van der Waals surface area contributed by atoms with E-state index in [0.717, 1.165) is 40.9 Å². The minimum Gasteiger partial charge on any atom is -0.376 e. The zero-order valence-electron chi connectivity index (χ0n) is 14.0. The summed E-state index contributed by atoms with van der Waals surface area (Å²) in [5.74, 6) is -0.0501. The van der Waals surface area contributed by atoms with Crippen LogP contribution in [0.15, 0.2) is 28.7 Å². The molecule has 1 amide bonds. The Morgan fingerprint density at radius 1 is 1.38 bits per heavy atom. The van der Waals surface area contributed by atoms with Gasteiger partial charge in [-0.2, -0.15) is 5.10 Å². The van der Waals surface area contributed by atoms with E-state index in [9.17, 15) is 4.79 Å². The van der Waals surface area contributed by atoms with E-state index >= 15 is 0 Å². The Bertz CT molecular complexity index is 719. The molecule has 0 spiro atoms. The molecule has 1 aliphatic heterocycles. The number of rotatable bonds is 5. The monoisotopic (exact) mass is 391 g/mol. The predicted molar refractivity (Wildman–Crippen MR) is 96.3 cm³/mol. The standard InChI is InChI=1S/C18H22BrN3O2/c1-12-17(19)13(2)22(21-12)11-14-5-7-15(8-6-14)18(23)20-10-16-4-3-9-24-16/h5-8,16H,3-4,9-11H2,1-2H3,(H,20,23)/t16-/m1/s1. The van der Waals surface area contributed by atoms with Crippen molar-refractivity contribution in [2.45, 2.75) is 39.3 Å². The van der Waals surface area contributed by atoms with Crippen LogP contribution in [0.4, 0.5) is 0 Å². The molecule has 1 atom stereocenters. The van der Waals surface area contributed by atoms with Gasteiger partial charge in [-0.05, 0) is 60.3 Å². The highest BCUT2D eigenvalue weighted by Gasteiger charge is 2.16. The molecule has 0 bridgehead atoms. The summed E-state index contributed by atoms with van der Waals surface area (Å²) in [6.07, 6.45) is 2.27. The largest absolute Gasteiger partial charge is 0.376 e. The van der Waals surface area contributed by atoms with Crippen molar-refractivity contribution in [3.63, 3.8) is 0 Å². The van der Waals surface area contributed by atoms with E-state index in [1.165, 1.54) is 0 Å². The fourth-order valence-electron chi connectivity index (χ4n) is 2.88. The quantitative estimate of drug-likeness (QED) is 0.850. The van der Waals surface area contributed by atoms with Gasteiger partial charge < -0.3 is 10.1 Å². The SMILES string of the molecule is Cc1nn(Cc2ccc(C(=O)NC[C@H]3CCCO3)cc2)c(C)c1Br. The van der Waals surface area contributed by atoms with E-state index in [4.69, 9.17) is 4.74 Å². The van der Waals surface area contributed by atoms with Gasteiger partial charge in [0.1, 0.15) is 0 Å². The van der Waals surface area contributed by atoms with Crippen molar-refractivity contribution in [3.05, 3.63) is 51.3 Å². The van der Waals surface area contributed by atoms with Gasteiger partial charge in [0.15, 0.2) is 0 Å². The second kappa shape index (κ2) is 7.49. The maximum Gasteiger partial charge on any atom is 0.251 e. The lowest BCUT2D eigenvalue weighted by Gasteiger charge is -2.11. The normalized spacial score (nSPS) is 17.2. The van der Waals surface area contributed by atoms with Crippen LogP contribution in [0.1, 0.15) is 40.2 Å². The van der Waals surface area contributed by atoms with Crippen LogP contribution in [-0.4, -0.2) is 34.9 Å². The number of carbonyl (C=O) groups excluding carboxylic acids is 1. The number of hydrogen-bond donors (Lipinski definition) is 1. The maximum atomic E-state index is 12.2. The molecule has 5 nitrogen and oxygen atoms in total. The summed E-state index contributed by atoms with van der Waals surface area (Å²) in [6, 6.07) is 7.68. The number of carbonyl (C=O) groups is 1. The maximum absolute atomic E-state index is 12.2. The van der Waals surface area contributed by atoms with Crippen LogP contribution in [0, 0.1) is 13.8 Å². The van der Waals surface area contributed by atoms with Crippen LogP contribution >= 0.6 is 15.9 Å². The van der Waals surface area contributed by atoms with E-state index in [0.29, 0.717) is 18.7 Å². The third-order valence-electron chi connectivity index (χ3n) is 4.36. The fourth-order valence-corrected chi connectivity index (χ4v) is 3.16. The lowest BCUT2D eigenvalue weighted by Crippen LogP contribution is -2.31. The van der Waals surface area contributed by atoms with Crippen molar-refractivity contribution in [1.82, 2.24) is 15.1 Å². The summed E-state index contributed by atoms with van der Waals surface area (Å²) in [4.78, 5) is 12.2. The van der Waals surface area contributed by atoms with E-state index in [-0.39, 0.29) is 12.0 Å². The van der Waals surface area contributed by atoms with E-state index in [2.05, 4.69) is 26.3 Å². The lowest BCUT2D eigenvalue weighted by atomic mass is 10.1. The molecule has 3 rings (SSSR count). The molecule has 1 fully saturated rings. The molecule has 0 aliphatic carbocycles. The summed E-state index contributed by atoms with van der Waals surface area (Å²) in [5, 5.41) is 7.45. The summed E-state index contributed by atoms with van der Waals surface area (Å²) >= 11 is 3.54. The topological polar surface area (TPSA) is 56.2 Å². The Labute approximate surface area is 150 Å². The van der Waals surface area contributed by atoms with Gasteiger partial charge in [-0.1, -0.05) is 12.1 Å². The molecule has 0 unspecified atom stereocenters. The van der Waals surface area contributed by atoms with Crippen molar-refractivity contribution in [1.29, 1.82) is 0 Å². The minimum absolute atomic E-state index is 0.0501. The van der Waals surface area contributed by atoms with Gasteiger partial charge in [0, 0.05) is 18.7 Å². The molecule has 128 valence electrons. The van der Waals surface area contributed by atoms with Crippen LogP contribution in [0.3, 0.4) is 0 Å². The number of nitrogens with one attached hydrogen (secondary N) is 1. The van der Waals surface area contributed by atoms with Crippen LogP contribution in [0.2, 0.25) is 0 Å². The Hall–Kier alpha value is -1.66. The highest BCUT2D eigenvalue weighted by Crippen LogP contribution is 2.20. The molecule has 1 aromatic carbocycles. The predicted octanol–water partition coefficient (Wildman–Crippen LogP) is 3.22. The zero-order chi connectivity index (χ0) is 17.1. The summed E-state index contributed by atoms with van der Waals surface area (Å²) < 4.78 is 8.53. The van der Waals surface area contributed by atoms with Gasteiger partial charge in [0.25, 0.3) is 5.91 Å². The van der Waals surface area contributed by atoms with Gasteiger partial charge in [-0.15, -0.1) is 0 Å². The van der Waals surface area contributed by atoms with Crippen LogP contribution in [0.5, 0.6) is 0 Å². The smallest absolute Gasteiger partial charge is 0.251 e. The number of halogens is 1. The van der Waals surface area contributed by atoms with Crippen molar-refractivity contribution in [3.8, 4) is 0 Å². The summed E-state index contributed by atoms with van der Waals surface area (Å²) in [7, 11) is 0. The molecule has 6 heteroatoms. The average Bonchev–Trinajstić information content (AvgIpc) is 3.19. The molecule has 1 N–H and O–H groups in total. The second-order valence-corrected chi connectivity index (χ2v) is 6.98. The van der Waals surface area contributed by atoms with Gasteiger partial charge in [0.2, 0.25) is 0 Å². The van der Waals surface area contributed by atoms with Crippen molar-refractivity contribution in [2.24, 2.45) is 0 Å². The van der Waals surface area contributed by atoms with E-state index < -0.39 is 0 Å². The molecule has 24 heavy (non-hydrogen) atoms. The Kier molecular flexibility index (Phi) is 5.36. The van der Waals surface area contributed by atoms with Crippen LogP contribution in [0.25, 0.3) is 0 Å². The number of aromatic nitrogens is 2. The first kappa shape index (κ1) is 17.2. The Morgan fingerprint density at radius 2 is 2.12 bits per heavy atom. The molecule has 0 saturated carbocycles. The Morgan fingerprint density at radius 3 is 2.71 bits per heavy atom. The Balaban J connectivity index is 1.60. The molecule has 0 radical (unpaired) electrons. The molecule has 1 saturated heterocycles. The second-order valence-electron chi connectivity index (χ2n) is 6.18. The number of hydrogen-bond acceptors (Lipinski definition) is 3. The molecule has 1 aliphatic rings. The highest BCUT2D eigenvalue weighted by molar-refractivity contribution is 9.10. The first-order valence-electron chi connectivity index (χ1n) is 8.23.